The average molecular weight is 489 g/mol. The van der Waals surface area contributed by atoms with Crippen molar-refractivity contribution in [3.63, 3.8) is 0 Å². The fraction of sp³-hybridized carbons (Fsp3) is 0.379. The molecule has 2 amide bonds. The lowest BCUT2D eigenvalue weighted by molar-refractivity contribution is -0.118. The van der Waals surface area contributed by atoms with Crippen molar-refractivity contribution >= 4 is 39.5 Å². The number of benzene rings is 2. The number of ether oxygens (including phenoxy) is 1. The maximum Gasteiger partial charge on any atom is 0.408 e. The molecule has 4 aromatic rings. The predicted molar refractivity (Wildman–Crippen MR) is 145 cm³/mol. The van der Waals surface area contributed by atoms with Crippen LogP contribution < -0.4 is 10.6 Å². The summed E-state index contributed by atoms with van der Waals surface area (Å²) in [6, 6.07) is 15.1. The first kappa shape index (κ1) is 25.4. The zero-order valence-electron chi connectivity index (χ0n) is 22.0. The number of para-hydroxylation sites is 1. The smallest absolute Gasteiger partial charge is 0.408 e. The van der Waals surface area contributed by atoms with Gasteiger partial charge in [0.15, 0.2) is 0 Å². The Kier molecular flexibility index (Phi) is 7.11. The van der Waals surface area contributed by atoms with E-state index in [1.165, 1.54) is 0 Å². The molecule has 2 aromatic heterocycles. The number of aryl methyl sites for hydroxylation is 1. The van der Waals surface area contributed by atoms with Crippen molar-refractivity contribution in [3.05, 3.63) is 66.5 Å². The molecule has 0 bridgehead atoms. The number of rotatable bonds is 7. The van der Waals surface area contributed by atoms with Crippen LogP contribution in [0.2, 0.25) is 0 Å². The lowest BCUT2D eigenvalue weighted by Crippen LogP contribution is -2.47. The highest BCUT2D eigenvalue weighted by molar-refractivity contribution is 6.04. The molecule has 1 unspecified atom stereocenters. The van der Waals surface area contributed by atoms with Gasteiger partial charge < -0.3 is 24.5 Å². The van der Waals surface area contributed by atoms with Gasteiger partial charge in [-0.3, -0.25) is 4.79 Å². The topological polar surface area (TPSA) is 77.3 Å². The molecule has 7 nitrogen and oxygen atoms in total. The molecule has 0 aliphatic heterocycles. The Hall–Kier alpha value is -3.74. The van der Waals surface area contributed by atoms with E-state index in [-0.39, 0.29) is 5.91 Å². The Labute approximate surface area is 212 Å². The summed E-state index contributed by atoms with van der Waals surface area (Å²) < 4.78 is 9.70. The maximum absolute atomic E-state index is 13.6. The van der Waals surface area contributed by atoms with E-state index in [4.69, 9.17) is 4.74 Å². The van der Waals surface area contributed by atoms with Gasteiger partial charge in [0, 0.05) is 48.7 Å². The minimum atomic E-state index is -0.821. The summed E-state index contributed by atoms with van der Waals surface area (Å²) in [5.41, 5.74) is 3.15. The Morgan fingerprint density at radius 3 is 2.42 bits per heavy atom. The molecule has 2 heterocycles. The van der Waals surface area contributed by atoms with Crippen molar-refractivity contribution in [2.75, 3.05) is 5.32 Å². The molecular formula is C29H36N4O3. The number of alkyl carbamates (subject to hydrolysis) is 1. The molecule has 0 aliphatic carbocycles. The van der Waals surface area contributed by atoms with Crippen LogP contribution in [0.1, 0.15) is 40.2 Å². The van der Waals surface area contributed by atoms with Crippen LogP contribution in [0.3, 0.4) is 0 Å². The maximum atomic E-state index is 13.6. The predicted octanol–water partition coefficient (Wildman–Crippen LogP) is 5.86. The van der Waals surface area contributed by atoms with Crippen LogP contribution in [0.25, 0.3) is 21.8 Å². The van der Waals surface area contributed by atoms with Gasteiger partial charge in [-0.05, 0) is 56.5 Å². The number of aromatic nitrogens is 2. The summed E-state index contributed by atoms with van der Waals surface area (Å²) in [7, 11) is 1.98. The molecular weight excluding hydrogens is 452 g/mol. The van der Waals surface area contributed by atoms with E-state index in [9.17, 15) is 9.59 Å². The second-order valence-corrected chi connectivity index (χ2v) is 10.8. The van der Waals surface area contributed by atoms with Crippen molar-refractivity contribution in [1.82, 2.24) is 14.5 Å². The van der Waals surface area contributed by atoms with E-state index in [1.54, 1.807) is 20.8 Å². The van der Waals surface area contributed by atoms with Gasteiger partial charge in [-0.2, -0.15) is 0 Å². The molecule has 4 rings (SSSR count). The summed E-state index contributed by atoms with van der Waals surface area (Å²) in [6.45, 7) is 10.7. The third-order valence-electron chi connectivity index (χ3n) is 6.04. The highest BCUT2D eigenvalue weighted by Crippen LogP contribution is 2.26. The number of nitrogens with zero attached hydrogens (tertiary/aromatic N) is 2. The molecule has 190 valence electrons. The number of fused-ring (bicyclic) bond motifs is 2. The Morgan fingerprint density at radius 1 is 0.972 bits per heavy atom. The number of hydrogen-bond donors (Lipinski definition) is 2. The van der Waals surface area contributed by atoms with E-state index < -0.39 is 17.7 Å². The number of carbonyl (C=O) groups is 2. The summed E-state index contributed by atoms with van der Waals surface area (Å²) in [5, 5.41) is 7.89. The van der Waals surface area contributed by atoms with Crippen LogP contribution in [-0.2, 0) is 29.5 Å². The lowest BCUT2D eigenvalue weighted by atomic mass is 10.0. The SMILES string of the molecule is CC(C)Cn1ccc2c(NC(=O)C(Cc3cn(C)c4ccccc34)NC(=O)OC(C)(C)C)cccc21. The first-order chi connectivity index (χ1) is 17.0. The molecule has 0 saturated carbocycles. The van der Waals surface area contributed by atoms with E-state index >= 15 is 0 Å². The quantitative estimate of drug-likeness (QED) is 0.342. The fourth-order valence-corrected chi connectivity index (χ4v) is 4.57. The normalized spacial score (nSPS) is 12.8. The van der Waals surface area contributed by atoms with E-state index in [0.717, 1.165) is 33.9 Å². The first-order valence-electron chi connectivity index (χ1n) is 12.4. The van der Waals surface area contributed by atoms with Gasteiger partial charge in [0.05, 0.1) is 11.2 Å². The number of amides is 2. The molecule has 0 aliphatic rings. The Balaban J connectivity index is 1.63. The molecule has 1 atom stereocenters. The van der Waals surface area contributed by atoms with Crippen LogP contribution >= 0.6 is 0 Å². The number of hydrogen-bond acceptors (Lipinski definition) is 3. The largest absolute Gasteiger partial charge is 0.444 e. The molecule has 2 aromatic carbocycles. The van der Waals surface area contributed by atoms with Gasteiger partial charge in [-0.15, -0.1) is 0 Å². The zero-order chi connectivity index (χ0) is 26.0. The molecule has 0 radical (unpaired) electrons. The molecule has 2 N–H and O–H groups in total. The van der Waals surface area contributed by atoms with Crippen LogP contribution in [0, 0.1) is 5.92 Å². The van der Waals surface area contributed by atoms with Gasteiger partial charge in [-0.1, -0.05) is 38.1 Å². The lowest BCUT2D eigenvalue weighted by Gasteiger charge is -2.23. The summed E-state index contributed by atoms with van der Waals surface area (Å²) >= 11 is 0. The summed E-state index contributed by atoms with van der Waals surface area (Å²) in [6.07, 6.45) is 3.77. The highest BCUT2D eigenvalue weighted by Gasteiger charge is 2.26. The molecule has 36 heavy (non-hydrogen) atoms. The molecule has 0 fully saturated rings. The third kappa shape index (κ3) is 5.73. The minimum Gasteiger partial charge on any atom is -0.444 e. The van der Waals surface area contributed by atoms with E-state index in [2.05, 4.69) is 35.1 Å². The number of nitrogens with one attached hydrogen (secondary N) is 2. The molecule has 0 saturated heterocycles. The monoisotopic (exact) mass is 488 g/mol. The van der Waals surface area contributed by atoms with E-state index in [1.807, 2.05) is 66.5 Å². The van der Waals surface area contributed by atoms with Crippen LogP contribution in [0.5, 0.6) is 0 Å². The minimum absolute atomic E-state index is 0.294. The van der Waals surface area contributed by atoms with Gasteiger partial charge >= 0.3 is 6.09 Å². The molecule has 7 heteroatoms. The van der Waals surface area contributed by atoms with Crippen molar-refractivity contribution in [2.24, 2.45) is 13.0 Å². The number of anilines is 1. The van der Waals surface area contributed by atoms with Gasteiger partial charge in [-0.25, -0.2) is 4.79 Å². The van der Waals surface area contributed by atoms with Crippen molar-refractivity contribution in [1.29, 1.82) is 0 Å². The van der Waals surface area contributed by atoms with E-state index in [0.29, 0.717) is 18.0 Å². The number of carbonyl (C=O) groups excluding carboxylic acids is 2. The summed E-state index contributed by atoms with van der Waals surface area (Å²) in [4.78, 5) is 26.3. The first-order valence-corrected chi connectivity index (χ1v) is 12.4. The third-order valence-corrected chi connectivity index (χ3v) is 6.04. The Morgan fingerprint density at radius 2 is 1.69 bits per heavy atom. The zero-order valence-corrected chi connectivity index (χ0v) is 22.0. The van der Waals surface area contributed by atoms with Gasteiger partial charge in [0.25, 0.3) is 0 Å². The second-order valence-electron chi connectivity index (χ2n) is 10.8. The highest BCUT2D eigenvalue weighted by atomic mass is 16.6. The molecule has 0 spiro atoms. The Bertz CT molecular complexity index is 1390. The van der Waals surface area contributed by atoms with Gasteiger partial charge in [0.1, 0.15) is 11.6 Å². The van der Waals surface area contributed by atoms with Crippen LogP contribution in [0.4, 0.5) is 10.5 Å². The van der Waals surface area contributed by atoms with Crippen molar-refractivity contribution in [3.8, 4) is 0 Å². The summed E-state index contributed by atoms with van der Waals surface area (Å²) in [5.74, 6) is 0.208. The van der Waals surface area contributed by atoms with Crippen molar-refractivity contribution < 1.29 is 14.3 Å². The van der Waals surface area contributed by atoms with Crippen LogP contribution in [0.15, 0.2) is 60.9 Å². The van der Waals surface area contributed by atoms with Crippen molar-refractivity contribution in [2.45, 2.75) is 59.2 Å². The average Bonchev–Trinajstić information content (AvgIpc) is 3.33. The fourth-order valence-electron chi connectivity index (χ4n) is 4.57. The van der Waals surface area contributed by atoms with Gasteiger partial charge in [0.2, 0.25) is 5.91 Å². The van der Waals surface area contributed by atoms with Crippen LogP contribution in [-0.4, -0.2) is 32.8 Å². The standard InChI is InChI=1S/C29H36N4O3/c1-19(2)17-33-15-14-22-23(11-9-13-26(22)33)30-27(34)24(31-28(35)36-29(3,4)5)16-20-18-32(6)25-12-8-7-10-21(20)25/h7-15,18-19,24H,16-17H2,1-6H3,(H,30,34)(H,31,35). The second kappa shape index (κ2) is 10.1.